The molecule has 2 unspecified atom stereocenters. The monoisotopic (exact) mass is 300 g/mol. The van der Waals surface area contributed by atoms with Gasteiger partial charge in [0.2, 0.25) is 7.37 Å². The van der Waals surface area contributed by atoms with Crippen LogP contribution in [0, 0.1) is 5.41 Å². The average molecular weight is 300 g/mol. The van der Waals surface area contributed by atoms with E-state index in [1.54, 1.807) is 6.66 Å². The molecule has 19 heavy (non-hydrogen) atoms. The van der Waals surface area contributed by atoms with Crippen LogP contribution in [0.4, 0.5) is 0 Å². The summed E-state index contributed by atoms with van der Waals surface area (Å²) < 4.78 is 31.9. The second-order valence-corrected chi connectivity index (χ2v) is 12.3. The molecule has 0 aromatic heterocycles. The van der Waals surface area contributed by atoms with E-state index < -0.39 is 14.5 Å². The van der Waals surface area contributed by atoms with Crippen molar-refractivity contribution in [2.75, 3.05) is 13.3 Å². The number of fused-ring (bicyclic) bond motifs is 1. The van der Waals surface area contributed by atoms with Gasteiger partial charge < -0.3 is 9.09 Å². The van der Waals surface area contributed by atoms with E-state index in [9.17, 15) is 9.13 Å². The van der Waals surface area contributed by atoms with E-state index in [2.05, 4.69) is 13.8 Å². The van der Waals surface area contributed by atoms with Gasteiger partial charge in [-0.15, -0.1) is 0 Å². The molecule has 5 heteroatoms. The Bertz CT molecular complexity index is 631. The lowest BCUT2D eigenvalue weighted by Crippen LogP contribution is -2.56. The van der Waals surface area contributed by atoms with E-state index in [1.807, 2.05) is 26.3 Å². The van der Waals surface area contributed by atoms with Crippen molar-refractivity contribution >= 4 is 14.5 Å². The zero-order valence-electron chi connectivity index (χ0n) is 12.4. The normalized spacial score (nSPS) is 56.3. The molecule has 0 N–H and O–H groups in total. The molecule has 3 aliphatic heterocycles. The minimum absolute atomic E-state index is 0.0433. The van der Waals surface area contributed by atoms with E-state index in [4.69, 9.17) is 4.52 Å². The molecule has 0 radical (unpaired) electrons. The zero-order chi connectivity index (χ0) is 14.4. The molecule has 6 atom stereocenters. The maximum atomic E-state index is 13.0. The van der Waals surface area contributed by atoms with Gasteiger partial charge in [0.25, 0.3) is 0 Å². The second kappa shape index (κ2) is 3.56. The van der Waals surface area contributed by atoms with Crippen LogP contribution in [0.2, 0.25) is 0 Å². The van der Waals surface area contributed by atoms with Crippen molar-refractivity contribution in [2.24, 2.45) is 5.41 Å². The van der Waals surface area contributed by atoms with Crippen LogP contribution in [0.15, 0.2) is 22.5 Å². The van der Waals surface area contributed by atoms with Crippen molar-refractivity contribution in [1.82, 2.24) is 0 Å². The van der Waals surface area contributed by atoms with E-state index in [-0.39, 0.29) is 22.8 Å². The summed E-state index contributed by atoms with van der Waals surface area (Å²) in [6, 6.07) is 0. The Kier molecular flexibility index (Phi) is 2.60. The van der Waals surface area contributed by atoms with Gasteiger partial charge in [0, 0.05) is 17.7 Å². The average Bonchev–Trinajstić information content (AvgIpc) is 2.43. The molecule has 1 fully saturated rings. The van der Waals surface area contributed by atoms with Gasteiger partial charge in [-0.2, -0.15) is 0 Å². The number of hydrogen-bond acceptors (Lipinski definition) is 3. The first-order valence-corrected chi connectivity index (χ1v) is 11.2. The number of rotatable bonds is 0. The van der Waals surface area contributed by atoms with Crippen molar-refractivity contribution < 1.29 is 13.7 Å². The molecular formula is C14H22O3P2. The smallest absolute Gasteiger partial charge is 0.208 e. The zero-order valence-corrected chi connectivity index (χ0v) is 14.2. The second-order valence-electron chi connectivity index (χ2n) is 6.80. The van der Waals surface area contributed by atoms with E-state index in [0.717, 1.165) is 11.1 Å². The Morgan fingerprint density at radius 3 is 2.32 bits per heavy atom. The molecule has 4 aliphatic rings. The van der Waals surface area contributed by atoms with Gasteiger partial charge in [-0.3, -0.25) is 4.57 Å². The summed E-state index contributed by atoms with van der Waals surface area (Å²) in [6.45, 7) is 11.9. The SMILES string of the molecule is CC1=CP(C)(=O)[C@@H]2[C@@H]3C(C)=C(C)[C@@H](OP3(C)=O)[C@]12C. The molecule has 4 rings (SSSR count). The highest BCUT2D eigenvalue weighted by Gasteiger charge is 2.67. The predicted octanol–water partition coefficient (Wildman–Crippen LogP) is 4.30. The van der Waals surface area contributed by atoms with Crippen molar-refractivity contribution in [3.8, 4) is 0 Å². The summed E-state index contributed by atoms with van der Waals surface area (Å²) in [6.07, 6.45) is -0.176. The van der Waals surface area contributed by atoms with Gasteiger partial charge in [-0.1, -0.05) is 18.1 Å². The van der Waals surface area contributed by atoms with Crippen molar-refractivity contribution in [3.63, 3.8) is 0 Å². The molecule has 106 valence electrons. The van der Waals surface area contributed by atoms with Gasteiger partial charge >= 0.3 is 0 Å². The van der Waals surface area contributed by atoms with Crippen molar-refractivity contribution in [3.05, 3.63) is 22.5 Å². The van der Waals surface area contributed by atoms with Crippen molar-refractivity contribution in [2.45, 2.75) is 45.1 Å². The first-order chi connectivity index (χ1) is 8.53. The van der Waals surface area contributed by atoms with Crippen LogP contribution in [0.3, 0.4) is 0 Å². The molecule has 2 bridgehead atoms. The first-order valence-electron chi connectivity index (χ1n) is 6.73. The quantitative estimate of drug-likeness (QED) is 0.495. The van der Waals surface area contributed by atoms with Crippen LogP contribution in [0.5, 0.6) is 0 Å². The van der Waals surface area contributed by atoms with Gasteiger partial charge in [0.15, 0.2) is 0 Å². The summed E-state index contributed by atoms with van der Waals surface area (Å²) in [4.78, 5) is 0. The Hall–Kier alpha value is -0.100. The summed E-state index contributed by atoms with van der Waals surface area (Å²) in [5.74, 6) is 1.94. The van der Waals surface area contributed by atoms with Crippen LogP contribution in [0.1, 0.15) is 27.7 Å². The van der Waals surface area contributed by atoms with Crippen LogP contribution in [0.25, 0.3) is 0 Å². The lowest BCUT2D eigenvalue weighted by molar-refractivity contribution is 0.0811. The number of hydrogen-bond donors (Lipinski definition) is 0. The standard InChI is InChI=1S/C14H22O3P2/c1-8-7-18(5,15)13-11-9(2)10(3)12(14(8,13)4)17-19(11,6)16/h7,11-13H,1-6H3/t11-,12+,13+,14-,18?,19?/m0/s1. The first kappa shape index (κ1) is 13.9. The molecule has 1 saturated heterocycles. The van der Waals surface area contributed by atoms with Crippen LogP contribution >= 0.6 is 14.5 Å². The molecule has 0 aromatic rings. The lowest BCUT2D eigenvalue weighted by Gasteiger charge is -2.56. The maximum Gasteiger partial charge on any atom is 0.208 e. The Morgan fingerprint density at radius 1 is 1.16 bits per heavy atom. The molecule has 1 aliphatic carbocycles. The van der Waals surface area contributed by atoms with E-state index >= 15 is 0 Å². The van der Waals surface area contributed by atoms with Gasteiger partial charge in [-0.25, -0.2) is 0 Å². The maximum absolute atomic E-state index is 13.0. The molecular weight excluding hydrogens is 278 g/mol. The topological polar surface area (TPSA) is 43.4 Å². The highest BCUT2D eigenvalue weighted by molar-refractivity contribution is 7.69. The van der Waals surface area contributed by atoms with Gasteiger partial charge in [0.05, 0.1) is 11.8 Å². The Labute approximate surface area is 115 Å². The van der Waals surface area contributed by atoms with Gasteiger partial charge in [0.1, 0.15) is 7.14 Å². The third-order valence-corrected chi connectivity index (χ3v) is 11.0. The predicted molar refractivity (Wildman–Crippen MR) is 79.7 cm³/mol. The Balaban J connectivity index is 2.33. The third-order valence-electron chi connectivity index (χ3n) is 5.59. The third kappa shape index (κ3) is 1.45. The van der Waals surface area contributed by atoms with Crippen LogP contribution in [-0.4, -0.2) is 30.8 Å². The fourth-order valence-electron chi connectivity index (χ4n) is 4.54. The summed E-state index contributed by atoms with van der Waals surface area (Å²) >= 11 is 0. The Morgan fingerprint density at radius 2 is 1.74 bits per heavy atom. The fraction of sp³-hybridized carbons (Fsp3) is 0.714. The summed E-state index contributed by atoms with van der Waals surface area (Å²) in [5, 5.41) is 0. The lowest BCUT2D eigenvalue weighted by atomic mass is 9.67. The number of allylic oxidation sites excluding steroid dienone is 1. The van der Waals surface area contributed by atoms with E-state index in [1.165, 1.54) is 5.57 Å². The van der Waals surface area contributed by atoms with Crippen LogP contribution < -0.4 is 0 Å². The highest BCUT2D eigenvalue weighted by atomic mass is 31.2. The molecule has 0 saturated carbocycles. The minimum atomic E-state index is -2.72. The summed E-state index contributed by atoms with van der Waals surface area (Å²) in [7, 11) is -5.15. The van der Waals surface area contributed by atoms with E-state index in [0.29, 0.717) is 0 Å². The molecule has 0 aromatic carbocycles. The molecule has 3 heterocycles. The minimum Gasteiger partial charge on any atom is -0.319 e. The molecule has 3 nitrogen and oxygen atoms in total. The summed E-state index contributed by atoms with van der Waals surface area (Å²) in [5.41, 5.74) is 3.01. The van der Waals surface area contributed by atoms with Crippen LogP contribution in [-0.2, 0) is 13.7 Å². The fourth-order valence-corrected chi connectivity index (χ4v) is 12.1. The highest BCUT2D eigenvalue weighted by Crippen LogP contribution is 2.79. The largest absolute Gasteiger partial charge is 0.319 e. The molecule has 0 spiro atoms. The molecule has 0 amide bonds. The van der Waals surface area contributed by atoms with Gasteiger partial charge in [-0.05, 0) is 38.8 Å². The van der Waals surface area contributed by atoms with Crippen molar-refractivity contribution in [1.29, 1.82) is 0 Å².